The summed E-state index contributed by atoms with van der Waals surface area (Å²) in [6, 6.07) is 5.37. The number of nitrogens with two attached hydrogens (primary N) is 2. The van der Waals surface area contributed by atoms with Gasteiger partial charge in [0.2, 0.25) is 5.95 Å². The lowest BCUT2D eigenvalue weighted by atomic mass is 9.80. The number of halogens is 3. The Labute approximate surface area is 178 Å². The SMILES string of the molecule is NCC1CCC(Cc2nc(NCc3cc(Cl)ccc3Cl)nc(N)c2Br)CC1. The lowest BCUT2D eigenvalue weighted by molar-refractivity contribution is 0.277. The molecule has 1 aromatic heterocycles. The molecular formula is C19H24BrCl2N5. The van der Waals surface area contributed by atoms with Crippen LogP contribution in [0.5, 0.6) is 0 Å². The van der Waals surface area contributed by atoms with E-state index in [9.17, 15) is 0 Å². The zero-order chi connectivity index (χ0) is 19.4. The fraction of sp³-hybridized carbons (Fsp3) is 0.474. The minimum atomic E-state index is 0.440. The van der Waals surface area contributed by atoms with E-state index in [-0.39, 0.29) is 0 Å². The van der Waals surface area contributed by atoms with Gasteiger partial charge in [-0.2, -0.15) is 4.98 Å². The summed E-state index contributed by atoms with van der Waals surface area (Å²) >= 11 is 15.8. The van der Waals surface area contributed by atoms with E-state index in [0.717, 1.165) is 28.7 Å². The van der Waals surface area contributed by atoms with Crippen LogP contribution in [-0.4, -0.2) is 16.5 Å². The van der Waals surface area contributed by atoms with Crippen molar-refractivity contribution in [3.63, 3.8) is 0 Å². The molecule has 5 nitrogen and oxygen atoms in total. The average Bonchev–Trinajstić information content (AvgIpc) is 2.67. The standard InChI is InChI=1S/C19H24BrCl2N5/c20-17-16(7-11-1-3-12(9-23)4-2-11)26-19(27-18(17)24)25-10-13-8-14(21)5-6-15(13)22/h5-6,8,11-12H,1-4,7,9-10,23H2,(H3,24,25,26,27). The maximum absolute atomic E-state index is 6.22. The van der Waals surface area contributed by atoms with E-state index in [0.29, 0.717) is 40.2 Å². The Balaban J connectivity index is 1.69. The monoisotopic (exact) mass is 471 g/mol. The summed E-state index contributed by atoms with van der Waals surface area (Å²) < 4.78 is 0.787. The first-order valence-corrected chi connectivity index (χ1v) is 10.7. The Hall–Kier alpha value is -1.08. The second-order valence-electron chi connectivity index (χ2n) is 7.11. The predicted octanol–water partition coefficient (Wildman–Crippen LogP) is 5.05. The Morgan fingerprint density at radius 3 is 2.52 bits per heavy atom. The van der Waals surface area contributed by atoms with E-state index in [2.05, 4.69) is 31.2 Å². The summed E-state index contributed by atoms with van der Waals surface area (Å²) in [7, 11) is 0. The molecule has 0 aliphatic heterocycles. The molecule has 1 saturated carbocycles. The second kappa shape index (κ2) is 9.41. The molecule has 1 aliphatic carbocycles. The van der Waals surface area contributed by atoms with Crippen LogP contribution in [0, 0.1) is 11.8 Å². The fourth-order valence-electron chi connectivity index (χ4n) is 3.53. The summed E-state index contributed by atoms with van der Waals surface area (Å²) in [4.78, 5) is 9.02. The number of anilines is 2. The third-order valence-electron chi connectivity index (χ3n) is 5.17. The number of hydrogen-bond acceptors (Lipinski definition) is 5. The number of nitrogen functional groups attached to an aromatic ring is 1. The van der Waals surface area contributed by atoms with Crippen molar-refractivity contribution in [2.45, 2.75) is 38.6 Å². The molecule has 0 spiro atoms. The molecule has 0 radical (unpaired) electrons. The molecule has 1 aromatic carbocycles. The topological polar surface area (TPSA) is 89.8 Å². The van der Waals surface area contributed by atoms with Crippen molar-refractivity contribution >= 4 is 50.9 Å². The van der Waals surface area contributed by atoms with Gasteiger partial charge in [-0.1, -0.05) is 23.2 Å². The minimum absolute atomic E-state index is 0.440. The summed E-state index contributed by atoms with van der Waals surface area (Å²) in [5, 5.41) is 4.50. The molecule has 0 saturated heterocycles. The third kappa shape index (κ3) is 5.47. The Morgan fingerprint density at radius 2 is 1.81 bits per heavy atom. The molecule has 0 bridgehead atoms. The fourth-order valence-corrected chi connectivity index (χ4v) is 4.24. The van der Waals surface area contributed by atoms with Gasteiger partial charge in [-0.25, -0.2) is 4.98 Å². The Morgan fingerprint density at radius 1 is 1.11 bits per heavy atom. The Bertz CT molecular complexity index is 794. The van der Waals surface area contributed by atoms with E-state index in [1.54, 1.807) is 12.1 Å². The lowest BCUT2D eigenvalue weighted by Gasteiger charge is -2.27. The van der Waals surface area contributed by atoms with E-state index in [4.69, 9.17) is 34.7 Å². The zero-order valence-corrected chi connectivity index (χ0v) is 18.1. The van der Waals surface area contributed by atoms with Crippen molar-refractivity contribution in [2.75, 3.05) is 17.6 Å². The molecule has 1 fully saturated rings. The molecule has 0 atom stereocenters. The third-order valence-corrected chi connectivity index (χ3v) is 6.64. The minimum Gasteiger partial charge on any atom is -0.383 e. The van der Waals surface area contributed by atoms with Gasteiger partial charge >= 0.3 is 0 Å². The van der Waals surface area contributed by atoms with Crippen LogP contribution in [0.4, 0.5) is 11.8 Å². The van der Waals surface area contributed by atoms with Crippen molar-refractivity contribution in [1.82, 2.24) is 9.97 Å². The van der Waals surface area contributed by atoms with Gasteiger partial charge in [0.1, 0.15) is 5.82 Å². The van der Waals surface area contributed by atoms with Gasteiger partial charge in [-0.15, -0.1) is 0 Å². The maximum atomic E-state index is 6.22. The summed E-state index contributed by atoms with van der Waals surface area (Å²) in [6.07, 6.45) is 5.63. The van der Waals surface area contributed by atoms with Gasteiger partial charge in [0.15, 0.2) is 0 Å². The van der Waals surface area contributed by atoms with E-state index >= 15 is 0 Å². The highest BCUT2D eigenvalue weighted by Crippen LogP contribution is 2.33. The number of aromatic nitrogens is 2. The predicted molar refractivity (Wildman–Crippen MR) is 116 cm³/mol. The van der Waals surface area contributed by atoms with Gasteiger partial charge in [0.25, 0.3) is 0 Å². The van der Waals surface area contributed by atoms with Crippen molar-refractivity contribution in [3.05, 3.63) is 44.0 Å². The normalized spacial score (nSPS) is 19.9. The number of nitrogens with zero attached hydrogens (tertiary/aromatic N) is 2. The molecule has 8 heteroatoms. The summed E-state index contributed by atoms with van der Waals surface area (Å²) in [5.74, 6) is 2.21. The van der Waals surface area contributed by atoms with Gasteiger partial charge < -0.3 is 16.8 Å². The molecule has 0 amide bonds. The van der Waals surface area contributed by atoms with Crippen LogP contribution in [-0.2, 0) is 13.0 Å². The number of benzene rings is 1. The number of rotatable bonds is 6. The number of nitrogens with one attached hydrogen (secondary N) is 1. The van der Waals surface area contributed by atoms with Crippen LogP contribution in [0.2, 0.25) is 10.0 Å². The first kappa shape index (κ1) is 20.6. The highest BCUT2D eigenvalue weighted by Gasteiger charge is 2.22. The molecule has 27 heavy (non-hydrogen) atoms. The highest BCUT2D eigenvalue weighted by molar-refractivity contribution is 9.10. The Kier molecular flexibility index (Phi) is 7.20. The quantitative estimate of drug-likeness (QED) is 0.547. The van der Waals surface area contributed by atoms with Crippen molar-refractivity contribution in [3.8, 4) is 0 Å². The molecular weight excluding hydrogens is 449 g/mol. The van der Waals surface area contributed by atoms with Gasteiger partial charge in [-0.3, -0.25) is 0 Å². The van der Waals surface area contributed by atoms with Crippen LogP contribution in [0.3, 0.4) is 0 Å². The van der Waals surface area contributed by atoms with Crippen molar-refractivity contribution in [2.24, 2.45) is 17.6 Å². The molecule has 1 aliphatic rings. The van der Waals surface area contributed by atoms with E-state index < -0.39 is 0 Å². The van der Waals surface area contributed by atoms with Crippen LogP contribution in [0.1, 0.15) is 36.9 Å². The van der Waals surface area contributed by atoms with Crippen LogP contribution >= 0.6 is 39.1 Å². The smallest absolute Gasteiger partial charge is 0.225 e. The molecule has 146 valence electrons. The first-order valence-electron chi connectivity index (χ1n) is 9.16. The van der Waals surface area contributed by atoms with Gasteiger partial charge in [0.05, 0.1) is 10.2 Å². The molecule has 1 heterocycles. The molecule has 5 N–H and O–H groups in total. The van der Waals surface area contributed by atoms with Crippen LogP contribution < -0.4 is 16.8 Å². The average molecular weight is 473 g/mol. The van der Waals surface area contributed by atoms with Crippen LogP contribution in [0.25, 0.3) is 0 Å². The summed E-state index contributed by atoms with van der Waals surface area (Å²) in [5.41, 5.74) is 13.7. The molecule has 2 aromatic rings. The maximum Gasteiger partial charge on any atom is 0.225 e. The zero-order valence-electron chi connectivity index (χ0n) is 15.0. The largest absolute Gasteiger partial charge is 0.383 e. The first-order chi connectivity index (χ1) is 13.0. The van der Waals surface area contributed by atoms with Crippen molar-refractivity contribution in [1.29, 1.82) is 0 Å². The molecule has 0 unspecified atom stereocenters. The number of hydrogen-bond donors (Lipinski definition) is 3. The van der Waals surface area contributed by atoms with Crippen molar-refractivity contribution < 1.29 is 0 Å². The van der Waals surface area contributed by atoms with Gasteiger partial charge in [0, 0.05) is 16.6 Å². The second-order valence-corrected chi connectivity index (χ2v) is 8.75. The highest BCUT2D eigenvalue weighted by atomic mass is 79.9. The lowest BCUT2D eigenvalue weighted by Crippen LogP contribution is -2.23. The van der Waals surface area contributed by atoms with E-state index in [1.165, 1.54) is 25.7 Å². The van der Waals surface area contributed by atoms with E-state index in [1.807, 2.05) is 6.07 Å². The molecule has 3 rings (SSSR count). The van der Waals surface area contributed by atoms with Crippen LogP contribution in [0.15, 0.2) is 22.7 Å². The van der Waals surface area contributed by atoms with Gasteiger partial charge in [-0.05, 0) is 90.2 Å². The summed E-state index contributed by atoms with van der Waals surface area (Å²) in [6.45, 7) is 1.26.